The van der Waals surface area contributed by atoms with Gasteiger partial charge in [-0.05, 0) is 21.5 Å². The van der Waals surface area contributed by atoms with Gasteiger partial charge in [0.05, 0.1) is 12.9 Å². The van der Waals surface area contributed by atoms with Gasteiger partial charge in [0.25, 0.3) is 8.32 Å². The largest absolute Gasteiger partial charge is 0.493 e. The molecule has 1 heterocycles. The SMILES string of the molecule is CC(C)(C)[Si](OC[C@H]1OC=C[C@H](O)[C@@H]1O)(c1ccccc1)c1ccccc1. The van der Waals surface area contributed by atoms with Gasteiger partial charge in [0.2, 0.25) is 0 Å². The molecule has 144 valence electrons. The summed E-state index contributed by atoms with van der Waals surface area (Å²) in [7, 11) is -2.68. The van der Waals surface area contributed by atoms with Crippen molar-refractivity contribution < 1.29 is 19.4 Å². The van der Waals surface area contributed by atoms with Crippen LogP contribution in [0.5, 0.6) is 0 Å². The van der Waals surface area contributed by atoms with E-state index in [1.54, 1.807) is 0 Å². The zero-order valence-electron chi connectivity index (χ0n) is 16.1. The van der Waals surface area contributed by atoms with E-state index in [1.165, 1.54) is 22.7 Å². The Labute approximate surface area is 162 Å². The lowest BCUT2D eigenvalue weighted by Crippen LogP contribution is -2.67. The van der Waals surface area contributed by atoms with Crippen LogP contribution in [-0.2, 0) is 9.16 Å². The molecule has 0 fully saturated rings. The Morgan fingerprint density at radius 1 is 0.926 bits per heavy atom. The fraction of sp³-hybridized carbons (Fsp3) is 0.364. The second-order valence-corrected chi connectivity index (χ2v) is 12.3. The number of hydrogen-bond acceptors (Lipinski definition) is 4. The van der Waals surface area contributed by atoms with Gasteiger partial charge in [-0.25, -0.2) is 0 Å². The lowest BCUT2D eigenvalue weighted by molar-refractivity contribution is -0.0783. The summed E-state index contributed by atoms with van der Waals surface area (Å²) >= 11 is 0. The lowest BCUT2D eigenvalue weighted by Gasteiger charge is -2.44. The molecule has 0 spiro atoms. The van der Waals surface area contributed by atoms with Gasteiger partial charge in [0.1, 0.15) is 18.3 Å². The van der Waals surface area contributed by atoms with Crippen molar-refractivity contribution in [2.75, 3.05) is 6.61 Å². The Morgan fingerprint density at radius 3 is 1.93 bits per heavy atom. The molecule has 2 N–H and O–H groups in total. The average Bonchev–Trinajstić information content (AvgIpc) is 2.66. The van der Waals surface area contributed by atoms with Crippen molar-refractivity contribution in [2.24, 2.45) is 0 Å². The zero-order valence-corrected chi connectivity index (χ0v) is 17.1. The van der Waals surface area contributed by atoms with Gasteiger partial charge in [-0.1, -0.05) is 81.4 Å². The molecule has 1 aliphatic heterocycles. The first-order valence-corrected chi connectivity index (χ1v) is 11.2. The van der Waals surface area contributed by atoms with Gasteiger partial charge in [-0.2, -0.15) is 0 Å². The van der Waals surface area contributed by atoms with Crippen molar-refractivity contribution in [1.82, 2.24) is 0 Å². The Morgan fingerprint density at radius 2 is 1.44 bits per heavy atom. The third kappa shape index (κ3) is 3.87. The van der Waals surface area contributed by atoms with Crippen LogP contribution in [0.1, 0.15) is 20.8 Å². The molecular weight excluding hydrogens is 356 g/mol. The van der Waals surface area contributed by atoms with Crippen molar-refractivity contribution in [3.05, 3.63) is 73.0 Å². The van der Waals surface area contributed by atoms with Crippen LogP contribution in [0.4, 0.5) is 0 Å². The maximum absolute atomic E-state index is 10.3. The lowest BCUT2D eigenvalue weighted by atomic mass is 10.1. The highest BCUT2D eigenvalue weighted by Crippen LogP contribution is 2.37. The zero-order chi connectivity index (χ0) is 19.5. The number of aliphatic hydroxyl groups is 2. The van der Waals surface area contributed by atoms with Gasteiger partial charge in [0, 0.05) is 0 Å². The second-order valence-electron chi connectivity index (χ2n) is 7.96. The van der Waals surface area contributed by atoms with Gasteiger partial charge in [0.15, 0.2) is 0 Å². The minimum Gasteiger partial charge on any atom is -0.493 e. The van der Waals surface area contributed by atoms with Crippen LogP contribution >= 0.6 is 0 Å². The normalized spacial score (nSPS) is 23.1. The molecule has 0 amide bonds. The molecule has 4 nitrogen and oxygen atoms in total. The van der Waals surface area contributed by atoms with Gasteiger partial charge in [-0.3, -0.25) is 0 Å². The summed E-state index contributed by atoms with van der Waals surface area (Å²) < 4.78 is 12.3. The van der Waals surface area contributed by atoms with E-state index in [0.29, 0.717) is 0 Å². The smallest absolute Gasteiger partial charge is 0.261 e. The van der Waals surface area contributed by atoms with Crippen LogP contribution < -0.4 is 10.4 Å². The van der Waals surface area contributed by atoms with E-state index in [0.717, 1.165) is 0 Å². The minimum atomic E-state index is -2.68. The summed E-state index contributed by atoms with van der Waals surface area (Å²) in [6.45, 7) is 6.81. The molecule has 0 bridgehead atoms. The Bertz CT molecular complexity index is 715. The molecule has 0 unspecified atom stereocenters. The Kier molecular flexibility index (Phi) is 5.86. The molecule has 3 atom stereocenters. The Hall–Kier alpha value is -1.92. The molecule has 0 aliphatic carbocycles. The van der Waals surface area contributed by atoms with Gasteiger partial charge in [-0.15, -0.1) is 0 Å². The first kappa shape index (κ1) is 19.8. The topological polar surface area (TPSA) is 58.9 Å². The molecule has 3 rings (SSSR count). The second kappa shape index (κ2) is 7.98. The molecule has 2 aromatic carbocycles. The minimum absolute atomic E-state index is 0.149. The maximum Gasteiger partial charge on any atom is 0.261 e. The third-order valence-electron chi connectivity index (χ3n) is 5.14. The highest BCUT2D eigenvalue weighted by Gasteiger charge is 2.50. The highest BCUT2D eigenvalue weighted by atomic mass is 28.4. The Balaban J connectivity index is 2.03. The van der Waals surface area contributed by atoms with E-state index in [4.69, 9.17) is 9.16 Å². The van der Waals surface area contributed by atoms with Crippen molar-refractivity contribution >= 4 is 18.7 Å². The highest BCUT2D eigenvalue weighted by molar-refractivity contribution is 6.99. The maximum atomic E-state index is 10.3. The van der Waals surface area contributed by atoms with Crippen LogP contribution in [0.25, 0.3) is 0 Å². The molecule has 0 radical (unpaired) electrons. The first-order chi connectivity index (χ1) is 12.9. The van der Waals surface area contributed by atoms with Crippen LogP contribution in [0.2, 0.25) is 5.04 Å². The number of aliphatic hydroxyl groups excluding tert-OH is 2. The summed E-state index contributed by atoms with van der Waals surface area (Å²) in [5.74, 6) is 0. The predicted octanol–water partition coefficient (Wildman–Crippen LogP) is 2.20. The summed E-state index contributed by atoms with van der Waals surface area (Å²) in [6, 6.07) is 20.6. The summed E-state index contributed by atoms with van der Waals surface area (Å²) in [5, 5.41) is 22.4. The molecule has 5 heteroatoms. The summed E-state index contributed by atoms with van der Waals surface area (Å²) in [5.41, 5.74) is 0. The van der Waals surface area contributed by atoms with Crippen LogP contribution in [0.15, 0.2) is 73.0 Å². The van der Waals surface area contributed by atoms with Crippen LogP contribution in [0.3, 0.4) is 0 Å². The fourth-order valence-electron chi connectivity index (χ4n) is 3.75. The van der Waals surface area contributed by atoms with E-state index < -0.39 is 26.6 Å². The average molecular weight is 385 g/mol. The molecule has 0 aromatic heterocycles. The van der Waals surface area contributed by atoms with Crippen molar-refractivity contribution in [1.29, 1.82) is 0 Å². The van der Waals surface area contributed by atoms with E-state index in [2.05, 4.69) is 45.0 Å². The van der Waals surface area contributed by atoms with E-state index in [-0.39, 0.29) is 11.6 Å². The van der Waals surface area contributed by atoms with E-state index in [1.807, 2.05) is 36.4 Å². The molecule has 0 saturated carbocycles. The van der Waals surface area contributed by atoms with E-state index >= 15 is 0 Å². The third-order valence-corrected chi connectivity index (χ3v) is 10.1. The summed E-state index contributed by atoms with van der Waals surface area (Å²) in [6.07, 6.45) is 0.340. The molecule has 0 saturated heterocycles. The van der Waals surface area contributed by atoms with Crippen molar-refractivity contribution in [2.45, 2.75) is 44.1 Å². The van der Waals surface area contributed by atoms with Crippen LogP contribution in [0, 0.1) is 0 Å². The van der Waals surface area contributed by atoms with Crippen molar-refractivity contribution in [3.63, 3.8) is 0 Å². The molecule has 1 aliphatic rings. The van der Waals surface area contributed by atoms with Gasteiger partial charge < -0.3 is 19.4 Å². The number of rotatable bonds is 5. The quantitative estimate of drug-likeness (QED) is 0.776. The standard InChI is InChI=1S/C22H28O4Si/c1-22(2,3)27(17-10-6-4-7-11-17,18-12-8-5-9-13-18)26-16-20-21(24)19(23)14-15-25-20/h4-15,19-21,23-24H,16H2,1-3H3/t19-,20+,21-/m0/s1. The molecular formula is C22H28O4Si. The fourth-order valence-corrected chi connectivity index (χ4v) is 8.32. The number of benzene rings is 2. The van der Waals surface area contributed by atoms with Gasteiger partial charge >= 0.3 is 0 Å². The predicted molar refractivity (Wildman–Crippen MR) is 110 cm³/mol. The monoisotopic (exact) mass is 384 g/mol. The van der Waals surface area contributed by atoms with Crippen molar-refractivity contribution in [3.8, 4) is 0 Å². The molecule has 27 heavy (non-hydrogen) atoms. The summed E-state index contributed by atoms with van der Waals surface area (Å²) in [4.78, 5) is 0. The van der Waals surface area contributed by atoms with Crippen LogP contribution in [-0.4, -0.2) is 43.4 Å². The molecule has 2 aromatic rings. The number of ether oxygens (including phenoxy) is 1. The van der Waals surface area contributed by atoms with E-state index in [9.17, 15) is 10.2 Å². The number of hydrogen-bond donors (Lipinski definition) is 2. The first-order valence-electron chi connectivity index (χ1n) is 9.29.